The van der Waals surface area contributed by atoms with E-state index in [4.69, 9.17) is 4.74 Å². The molecule has 2 aromatic heterocycles. The maximum absolute atomic E-state index is 13.1. The second-order valence-corrected chi connectivity index (χ2v) is 6.18. The monoisotopic (exact) mass is 374 g/mol. The normalized spacial score (nSPS) is 10.9. The number of carbonyl (C=O) groups is 1. The molecule has 0 saturated carbocycles. The van der Waals surface area contributed by atoms with E-state index in [1.807, 2.05) is 42.5 Å². The van der Waals surface area contributed by atoms with Gasteiger partial charge in [-0.2, -0.15) is 5.10 Å². The second-order valence-electron chi connectivity index (χ2n) is 6.18. The third-order valence-corrected chi connectivity index (χ3v) is 4.32. The quantitative estimate of drug-likeness (QED) is 0.543. The Labute approximate surface area is 160 Å². The Morgan fingerprint density at radius 1 is 1.11 bits per heavy atom. The van der Waals surface area contributed by atoms with Crippen molar-refractivity contribution < 1.29 is 9.53 Å². The maximum Gasteiger partial charge on any atom is 0.312 e. The van der Waals surface area contributed by atoms with Gasteiger partial charge in [0, 0.05) is 6.07 Å². The Kier molecular flexibility index (Phi) is 4.72. The fourth-order valence-electron chi connectivity index (χ4n) is 3.06. The van der Waals surface area contributed by atoms with E-state index in [1.165, 1.54) is 4.57 Å². The summed E-state index contributed by atoms with van der Waals surface area (Å²) in [6, 6.07) is 18.8. The first-order chi connectivity index (χ1) is 13.7. The van der Waals surface area contributed by atoms with Crippen LogP contribution in [0.4, 0.5) is 0 Å². The van der Waals surface area contributed by atoms with Gasteiger partial charge >= 0.3 is 5.97 Å². The van der Waals surface area contributed by atoms with Crippen LogP contribution in [0.1, 0.15) is 12.6 Å². The van der Waals surface area contributed by atoms with Crippen molar-refractivity contribution in [3.8, 4) is 17.1 Å². The maximum atomic E-state index is 13.1. The molecule has 7 heteroatoms. The lowest BCUT2D eigenvalue weighted by Crippen LogP contribution is -2.27. The zero-order valence-electron chi connectivity index (χ0n) is 15.3. The number of aromatic nitrogens is 4. The molecule has 4 rings (SSSR count). The Balaban J connectivity index is 1.86. The number of esters is 1. The van der Waals surface area contributed by atoms with Crippen LogP contribution in [0.5, 0.6) is 0 Å². The van der Waals surface area contributed by atoms with Gasteiger partial charge < -0.3 is 4.74 Å². The van der Waals surface area contributed by atoms with Crippen molar-refractivity contribution in [3.63, 3.8) is 0 Å². The first kappa shape index (κ1) is 17.7. The molecular formula is C21H18N4O3. The van der Waals surface area contributed by atoms with E-state index in [0.717, 1.165) is 11.3 Å². The summed E-state index contributed by atoms with van der Waals surface area (Å²) in [5.74, 6) is -0.0477. The van der Waals surface area contributed by atoms with Gasteiger partial charge in [-0.3, -0.25) is 19.3 Å². The van der Waals surface area contributed by atoms with Gasteiger partial charge in [0.25, 0.3) is 5.56 Å². The highest BCUT2D eigenvalue weighted by molar-refractivity contribution is 5.78. The first-order valence-electron chi connectivity index (χ1n) is 8.95. The average molecular weight is 374 g/mol. The SMILES string of the molecule is CCOC(=O)Cc1nc2ccccc2n(-c2cc(-c3ccccc3)[nH]n2)c1=O. The van der Waals surface area contributed by atoms with Crippen LogP contribution < -0.4 is 5.56 Å². The minimum Gasteiger partial charge on any atom is -0.466 e. The van der Waals surface area contributed by atoms with Crippen molar-refractivity contribution in [1.29, 1.82) is 0 Å². The average Bonchev–Trinajstić information content (AvgIpc) is 3.19. The number of hydrogen-bond acceptors (Lipinski definition) is 5. The summed E-state index contributed by atoms with van der Waals surface area (Å²) < 4.78 is 6.44. The zero-order valence-corrected chi connectivity index (χ0v) is 15.3. The number of para-hydroxylation sites is 2. The van der Waals surface area contributed by atoms with E-state index >= 15 is 0 Å². The van der Waals surface area contributed by atoms with E-state index < -0.39 is 11.5 Å². The molecule has 0 unspecified atom stereocenters. The molecule has 140 valence electrons. The van der Waals surface area contributed by atoms with E-state index in [1.54, 1.807) is 25.1 Å². The molecule has 0 atom stereocenters. The zero-order chi connectivity index (χ0) is 19.5. The molecule has 4 aromatic rings. The van der Waals surface area contributed by atoms with Gasteiger partial charge in [0.05, 0.1) is 29.8 Å². The highest BCUT2D eigenvalue weighted by Gasteiger charge is 2.17. The van der Waals surface area contributed by atoms with Crippen molar-refractivity contribution in [3.05, 3.63) is 76.7 Å². The number of ether oxygens (including phenoxy) is 1. The minimum absolute atomic E-state index is 0.126. The lowest BCUT2D eigenvalue weighted by molar-refractivity contribution is -0.142. The fourth-order valence-corrected chi connectivity index (χ4v) is 3.06. The Morgan fingerprint density at radius 2 is 1.86 bits per heavy atom. The van der Waals surface area contributed by atoms with E-state index in [-0.39, 0.29) is 18.7 Å². The van der Waals surface area contributed by atoms with E-state index in [2.05, 4.69) is 15.2 Å². The number of nitrogens with zero attached hydrogens (tertiary/aromatic N) is 3. The van der Waals surface area contributed by atoms with E-state index in [9.17, 15) is 9.59 Å². The molecule has 0 saturated heterocycles. The number of nitrogens with one attached hydrogen (secondary N) is 1. The van der Waals surface area contributed by atoms with E-state index in [0.29, 0.717) is 16.9 Å². The summed E-state index contributed by atoms with van der Waals surface area (Å²) in [5.41, 5.74) is 2.70. The number of fused-ring (bicyclic) bond motifs is 1. The molecule has 28 heavy (non-hydrogen) atoms. The summed E-state index contributed by atoms with van der Waals surface area (Å²) in [5, 5.41) is 7.30. The number of benzene rings is 2. The molecule has 2 aromatic carbocycles. The van der Waals surface area contributed by atoms with Gasteiger partial charge in [0.15, 0.2) is 5.82 Å². The van der Waals surface area contributed by atoms with Crippen LogP contribution in [-0.2, 0) is 16.0 Å². The highest BCUT2D eigenvalue weighted by Crippen LogP contribution is 2.20. The number of hydrogen-bond donors (Lipinski definition) is 1. The van der Waals surface area contributed by atoms with Crippen molar-refractivity contribution >= 4 is 17.0 Å². The third-order valence-electron chi connectivity index (χ3n) is 4.32. The molecule has 7 nitrogen and oxygen atoms in total. The molecule has 0 radical (unpaired) electrons. The Hall–Kier alpha value is -3.74. The summed E-state index contributed by atoms with van der Waals surface area (Å²) in [6.07, 6.45) is -0.187. The topological polar surface area (TPSA) is 89.9 Å². The van der Waals surface area contributed by atoms with Crippen LogP contribution in [0, 0.1) is 0 Å². The third kappa shape index (κ3) is 3.29. The molecule has 0 aliphatic rings. The molecule has 1 N–H and O–H groups in total. The molecule has 2 heterocycles. The van der Waals surface area contributed by atoms with Gasteiger partial charge in [-0.05, 0) is 24.6 Å². The van der Waals surface area contributed by atoms with Gasteiger partial charge in [-0.15, -0.1) is 0 Å². The molecule has 0 fully saturated rings. The lowest BCUT2D eigenvalue weighted by Gasteiger charge is -2.09. The molecule has 0 aliphatic heterocycles. The largest absolute Gasteiger partial charge is 0.466 e. The summed E-state index contributed by atoms with van der Waals surface area (Å²) in [7, 11) is 0. The molecule has 0 aliphatic carbocycles. The van der Waals surface area contributed by atoms with Crippen LogP contribution in [0.25, 0.3) is 28.1 Å². The van der Waals surface area contributed by atoms with Crippen molar-refractivity contribution in [2.45, 2.75) is 13.3 Å². The predicted molar refractivity (Wildman–Crippen MR) is 105 cm³/mol. The first-order valence-corrected chi connectivity index (χ1v) is 8.95. The minimum atomic E-state index is -0.485. The lowest BCUT2D eigenvalue weighted by atomic mass is 10.1. The number of rotatable bonds is 5. The van der Waals surface area contributed by atoms with Crippen molar-refractivity contribution in [2.75, 3.05) is 6.61 Å². The number of carbonyl (C=O) groups excluding carboxylic acids is 1. The summed E-state index contributed by atoms with van der Waals surface area (Å²) in [6.45, 7) is 1.97. The number of aromatic amines is 1. The smallest absolute Gasteiger partial charge is 0.312 e. The van der Waals surface area contributed by atoms with Gasteiger partial charge in [0.1, 0.15) is 5.69 Å². The second kappa shape index (κ2) is 7.48. The van der Waals surface area contributed by atoms with Gasteiger partial charge in [0.2, 0.25) is 0 Å². The number of H-pyrrole nitrogens is 1. The molecular weight excluding hydrogens is 356 g/mol. The predicted octanol–water partition coefficient (Wildman–Crippen LogP) is 2.88. The van der Waals surface area contributed by atoms with Crippen LogP contribution in [0.3, 0.4) is 0 Å². The van der Waals surface area contributed by atoms with Crippen LogP contribution in [0.15, 0.2) is 65.5 Å². The molecule has 0 amide bonds. The highest BCUT2D eigenvalue weighted by atomic mass is 16.5. The van der Waals surface area contributed by atoms with Crippen LogP contribution in [-0.4, -0.2) is 32.3 Å². The fraction of sp³-hybridized carbons (Fsp3) is 0.143. The summed E-state index contributed by atoms with van der Waals surface area (Å²) >= 11 is 0. The Morgan fingerprint density at radius 3 is 2.64 bits per heavy atom. The van der Waals surface area contributed by atoms with Crippen LogP contribution in [0.2, 0.25) is 0 Å². The molecule has 0 spiro atoms. The van der Waals surface area contributed by atoms with Crippen LogP contribution >= 0.6 is 0 Å². The van der Waals surface area contributed by atoms with Crippen molar-refractivity contribution in [1.82, 2.24) is 19.7 Å². The Bertz CT molecular complexity index is 1200. The van der Waals surface area contributed by atoms with Crippen molar-refractivity contribution in [2.24, 2.45) is 0 Å². The summed E-state index contributed by atoms with van der Waals surface area (Å²) in [4.78, 5) is 29.4. The van der Waals surface area contributed by atoms with Gasteiger partial charge in [-0.1, -0.05) is 42.5 Å². The molecule has 0 bridgehead atoms. The van der Waals surface area contributed by atoms with Gasteiger partial charge in [-0.25, -0.2) is 4.98 Å². The standard InChI is InChI=1S/C21H18N4O3/c1-2-28-20(26)13-17-21(27)25(18-11-7-6-10-15(18)22-17)19-12-16(23-24-19)14-8-4-3-5-9-14/h3-12H,2,13H2,1H3,(H,23,24).